The number of rotatable bonds is 3. The summed E-state index contributed by atoms with van der Waals surface area (Å²) in [7, 11) is 0. The van der Waals surface area contributed by atoms with Gasteiger partial charge in [-0.25, -0.2) is 0 Å². The van der Waals surface area contributed by atoms with Crippen molar-refractivity contribution >= 4 is 34.2 Å². The van der Waals surface area contributed by atoms with Gasteiger partial charge >= 0.3 is 0 Å². The van der Waals surface area contributed by atoms with E-state index in [2.05, 4.69) is 27.9 Å². The van der Waals surface area contributed by atoms with Crippen LogP contribution >= 0.6 is 22.6 Å². The zero-order chi connectivity index (χ0) is 13.1. The largest absolute Gasteiger partial charge is 0.327 e. The molecule has 17 heavy (non-hydrogen) atoms. The van der Waals surface area contributed by atoms with Crippen molar-refractivity contribution in [2.75, 3.05) is 5.32 Å². The fourth-order valence-electron chi connectivity index (χ4n) is 1.27. The molecule has 0 aromatic heterocycles. The fourth-order valence-corrected chi connectivity index (χ4v) is 1.79. The van der Waals surface area contributed by atoms with Crippen molar-refractivity contribution in [3.05, 3.63) is 27.8 Å². The van der Waals surface area contributed by atoms with Gasteiger partial charge in [-0.15, -0.1) is 0 Å². The SMILES string of the molecule is CC(C)(C)C(N)CC(=O)Nc1ccccc1I. The van der Waals surface area contributed by atoms with E-state index >= 15 is 0 Å². The minimum Gasteiger partial charge on any atom is -0.327 e. The number of benzene rings is 1. The van der Waals surface area contributed by atoms with Crippen molar-refractivity contribution in [1.82, 2.24) is 0 Å². The van der Waals surface area contributed by atoms with E-state index in [1.165, 1.54) is 0 Å². The molecule has 1 unspecified atom stereocenters. The summed E-state index contributed by atoms with van der Waals surface area (Å²) in [6.45, 7) is 6.12. The molecular formula is C13H19IN2O. The quantitative estimate of drug-likeness (QED) is 0.827. The average Bonchev–Trinajstić information content (AvgIpc) is 2.20. The highest BCUT2D eigenvalue weighted by Crippen LogP contribution is 2.21. The van der Waals surface area contributed by atoms with Crippen molar-refractivity contribution in [2.24, 2.45) is 11.1 Å². The van der Waals surface area contributed by atoms with E-state index in [9.17, 15) is 4.79 Å². The molecule has 0 bridgehead atoms. The van der Waals surface area contributed by atoms with Crippen molar-refractivity contribution in [3.8, 4) is 0 Å². The van der Waals surface area contributed by atoms with Gasteiger partial charge in [0.15, 0.2) is 0 Å². The maximum absolute atomic E-state index is 11.8. The van der Waals surface area contributed by atoms with Crippen LogP contribution in [0.1, 0.15) is 27.2 Å². The van der Waals surface area contributed by atoms with Crippen molar-refractivity contribution in [3.63, 3.8) is 0 Å². The Hall–Kier alpha value is -0.620. The Kier molecular flexibility index (Phi) is 4.94. The van der Waals surface area contributed by atoms with Crippen molar-refractivity contribution in [1.29, 1.82) is 0 Å². The van der Waals surface area contributed by atoms with Gasteiger partial charge in [-0.3, -0.25) is 4.79 Å². The van der Waals surface area contributed by atoms with Gasteiger partial charge in [-0.1, -0.05) is 32.9 Å². The van der Waals surface area contributed by atoms with Gasteiger partial charge in [0.2, 0.25) is 5.91 Å². The molecule has 4 heteroatoms. The second-order valence-corrected chi connectivity index (χ2v) is 6.37. The second kappa shape index (κ2) is 5.82. The summed E-state index contributed by atoms with van der Waals surface area (Å²) in [5, 5.41) is 2.89. The number of nitrogens with one attached hydrogen (secondary N) is 1. The normalized spacial score (nSPS) is 13.2. The van der Waals surface area contributed by atoms with E-state index in [0.29, 0.717) is 6.42 Å². The Morgan fingerprint density at radius 1 is 1.41 bits per heavy atom. The van der Waals surface area contributed by atoms with E-state index in [-0.39, 0.29) is 17.4 Å². The van der Waals surface area contributed by atoms with Crippen LogP contribution in [0.5, 0.6) is 0 Å². The number of halogens is 1. The van der Waals surface area contributed by atoms with Gasteiger partial charge in [-0.05, 0) is 40.1 Å². The summed E-state index contributed by atoms with van der Waals surface area (Å²) in [6.07, 6.45) is 0.342. The summed E-state index contributed by atoms with van der Waals surface area (Å²) in [5.41, 5.74) is 6.77. The molecule has 1 atom stereocenters. The van der Waals surface area contributed by atoms with Gasteiger partial charge in [0.05, 0.1) is 5.69 Å². The van der Waals surface area contributed by atoms with Gasteiger partial charge in [0, 0.05) is 16.0 Å². The van der Waals surface area contributed by atoms with Crippen LogP contribution in [0.4, 0.5) is 5.69 Å². The van der Waals surface area contributed by atoms with Crippen LogP contribution in [-0.2, 0) is 4.79 Å². The second-order valence-electron chi connectivity index (χ2n) is 5.20. The maximum atomic E-state index is 11.8. The van der Waals surface area contributed by atoms with E-state index < -0.39 is 0 Å². The number of amides is 1. The molecule has 1 aromatic rings. The average molecular weight is 346 g/mol. The predicted molar refractivity (Wildman–Crippen MR) is 79.8 cm³/mol. The first-order chi connectivity index (χ1) is 7.80. The molecule has 0 radical (unpaired) electrons. The Bertz CT molecular complexity index is 399. The maximum Gasteiger partial charge on any atom is 0.225 e. The molecule has 3 nitrogen and oxygen atoms in total. The minimum atomic E-state index is -0.135. The highest BCUT2D eigenvalue weighted by molar-refractivity contribution is 14.1. The van der Waals surface area contributed by atoms with Gasteiger partial charge < -0.3 is 11.1 Å². The van der Waals surface area contributed by atoms with Gasteiger partial charge in [0.25, 0.3) is 0 Å². The molecular weight excluding hydrogens is 327 g/mol. The molecule has 0 saturated heterocycles. The molecule has 1 rings (SSSR count). The number of hydrogen-bond donors (Lipinski definition) is 2. The van der Waals surface area contributed by atoms with Gasteiger partial charge in [0.1, 0.15) is 0 Å². The molecule has 0 heterocycles. The van der Waals surface area contributed by atoms with E-state index in [0.717, 1.165) is 9.26 Å². The third-order valence-corrected chi connectivity index (χ3v) is 3.61. The van der Waals surface area contributed by atoms with E-state index in [4.69, 9.17) is 5.73 Å². The van der Waals surface area contributed by atoms with Gasteiger partial charge in [-0.2, -0.15) is 0 Å². The number of hydrogen-bond acceptors (Lipinski definition) is 2. The summed E-state index contributed by atoms with van der Waals surface area (Å²) >= 11 is 2.20. The molecule has 1 amide bonds. The number of carbonyl (C=O) groups is 1. The number of para-hydroxylation sites is 1. The number of carbonyl (C=O) groups excluding carboxylic acids is 1. The lowest BCUT2D eigenvalue weighted by atomic mass is 9.85. The molecule has 0 fully saturated rings. The molecule has 94 valence electrons. The molecule has 0 aliphatic rings. The molecule has 0 saturated carbocycles. The highest BCUT2D eigenvalue weighted by atomic mass is 127. The number of anilines is 1. The first kappa shape index (κ1) is 14.4. The molecule has 3 N–H and O–H groups in total. The smallest absolute Gasteiger partial charge is 0.225 e. The Morgan fingerprint density at radius 3 is 2.53 bits per heavy atom. The third kappa shape index (κ3) is 4.63. The predicted octanol–water partition coefficient (Wildman–Crippen LogP) is 2.99. The first-order valence-electron chi connectivity index (χ1n) is 5.60. The van der Waals surface area contributed by atoms with Crippen LogP contribution in [0, 0.1) is 8.99 Å². The molecule has 0 aliphatic heterocycles. The molecule has 0 aliphatic carbocycles. The Morgan fingerprint density at radius 2 is 2.00 bits per heavy atom. The Balaban J connectivity index is 2.60. The summed E-state index contributed by atoms with van der Waals surface area (Å²) in [6, 6.07) is 7.56. The van der Waals surface area contributed by atoms with Crippen molar-refractivity contribution < 1.29 is 4.79 Å². The van der Waals surface area contributed by atoms with Crippen LogP contribution in [0.15, 0.2) is 24.3 Å². The topological polar surface area (TPSA) is 55.1 Å². The highest BCUT2D eigenvalue weighted by Gasteiger charge is 2.23. The van der Waals surface area contributed by atoms with Crippen molar-refractivity contribution in [2.45, 2.75) is 33.2 Å². The van der Waals surface area contributed by atoms with Crippen LogP contribution in [0.2, 0.25) is 0 Å². The zero-order valence-electron chi connectivity index (χ0n) is 10.5. The molecule has 0 spiro atoms. The summed E-state index contributed by atoms with van der Waals surface area (Å²) in [5.74, 6) is -0.0310. The monoisotopic (exact) mass is 346 g/mol. The van der Waals surface area contributed by atoms with Crippen LogP contribution in [0.25, 0.3) is 0 Å². The zero-order valence-corrected chi connectivity index (χ0v) is 12.6. The summed E-state index contributed by atoms with van der Waals surface area (Å²) in [4.78, 5) is 11.8. The van der Waals surface area contributed by atoms with Crippen LogP contribution in [0.3, 0.4) is 0 Å². The number of nitrogens with two attached hydrogens (primary N) is 1. The lowest BCUT2D eigenvalue weighted by Crippen LogP contribution is -2.38. The Labute approximate surface area is 116 Å². The van der Waals surface area contributed by atoms with Crippen LogP contribution in [-0.4, -0.2) is 11.9 Å². The van der Waals surface area contributed by atoms with E-state index in [1.807, 2.05) is 45.0 Å². The third-order valence-electron chi connectivity index (χ3n) is 2.67. The first-order valence-corrected chi connectivity index (χ1v) is 6.68. The fraction of sp³-hybridized carbons (Fsp3) is 0.462. The molecule has 1 aromatic carbocycles. The lowest BCUT2D eigenvalue weighted by molar-refractivity contribution is -0.117. The summed E-state index contributed by atoms with van der Waals surface area (Å²) < 4.78 is 1.03. The lowest BCUT2D eigenvalue weighted by Gasteiger charge is -2.26. The standard InChI is InChI=1S/C13H19IN2O/c1-13(2,3)11(15)8-12(17)16-10-7-5-4-6-9(10)14/h4-7,11H,8,15H2,1-3H3,(H,16,17). The minimum absolute atomic E-state index is 0.0310. The van der Waals surface area contributed by atoms with Crippen LogP contribution < -0.4 is 11.1 Å². The van der Waals surface area contributed by atoms with E-state index in [1.54, 1.807) is 0 Å².